The van der Waals surface area contributed by atoms with Crippen LogP contribution in [0.2, 0.25) is 0 Å². The van der Waals surface area contributed by atoms with Crippen molar-refractivity contribution < 1.29 is 9.84 Å². The lowest BCUT2D eigenvalue weighted by molar-refractivity contribution is 0.171. The van der Waals surface area contributed by atoms with E-state index in [1.807, 2.05) is 26.0 Å². The third kappa shape index (κ3) is 2.74. The van der Waals surface area contributed by atoms with E-state index >= 15 is 0 Å². The van der Waals surface area contributed by atoms with E-state index in [-0.39, 0.29) is 6.10 Å². The largest absolute Gasteiger partial charge is 0.496 e. The second-order valence-corrected chi connectivity index (χ2v) is 3.57. The maximum Gasteiger partial charge on any atom is 0.121 e. The molecule has 0 bridgehead atoms. The van der Waals surface area contributed by atoms with Gasteiger partial charge in [0.15, 0.2) is 0 Å². The van der Waals surface area contributed by atoms with Crippen LogP contribution in [0.4, 0.5) is 0 Å². The van der Waals surface area contributed by atoms with E-state index in [1.165, 1.54) is 0 Å². The molecule has 0 heterocycles. The molecule has 0 spiro atoms. The van der Waals surface area contributed by atoms with Crippen molar-refractivity contribution in [1.29, 1.82) is 0 Å². The molecule has 1 aromatic carbocycles. The monoisotopic (exact) mass is 194 g/mol. The summed E-state index contributed by atoms with van der Waals surface area (Å²) < 4.78 is 5.17. The fraction of sp³-hybridized carbons (Fsp3) is 0.500. The number of hydrogen-bond acceptors (Lipinski definition) is 2. The molecule has 1 aromatic rings. The average Bonchev–Trinajstić information content (AvgIpc) is 2.18. The number of ether oxygens (including phenoxy) is 1. The molecule has 0 unspecified atom stereocenters. The van der Waals surface area contributed by atoms with E-state index in [9.17, 15) is 5.11 Å². The zero-order valence-electron chi connectivity index (χ0n) is 9.08. The van der Waals surface area contributed by atoms with Crippen LogP contribution < -0.4 is 4.74 Å². The van der Waals surface area contributed by atoms with Gasteiger partial charge in [-0.25, -0.2) is 0 Å². The van der Waals surface area contributed by atoms with Gasteiger partial charge in [0.05, 0.1) is 13.2 Å². The summed E-state index contributed by atoms with van der Waals surface area (Å²) in [7, 11) is 1.67. The van der Waals surface area contributed by atoms with Crippen LogP contribution in [0.15, 0.2) is 18.2 Å². The third-order valence-electron chi connectivity index (χ3n) is 2.40. The summed E-state index contributed by atoms with van der Waals surface area (Å²) in [6.45, 7) is 4.00. The Balaban J connectivity index is 2.76. The predicted molar refractivity (Wildman–Crippen MR) is 57.7 cm³/mol. The number of methoxy groups -OCH3 is 1. The molecule has 0 saturated heterocycles. The highest BCUT2D eigenvalue weighted by Crippen LogP contribution is 2.19. The maximum atomic E-state index is 9.50. The van der Waals surface area contributed by atoms with Crippen molar-refractivity contribution in [3.8, 4) is 5.75 Å². The highest BCUT2D eigenvalue weighted by molar-refractivity contribution is 5.36. The van der Waals surface area contributed by atoms with Gasteiger partial charge in [-0.2, -0.15) is 0 Å². The van der Waals surface area contributed by atoms with Crippen LogP contribution in [0.5, 0.6) is 5.75 Å². The van der Waals surface area contributed by atoms with E-state index in [2.05, 4.69) is 6.07 Å². The molecule has 14 heavy (non-hydrogen) atoms. The van der Waals surface area contributed by atoms with E-state index in [0.717, 1.165) is 29.7 Å². The zero-order chi connectivity index (χ0) is 10.6. The molecule has 0 aliphatic carbocycles. The topological polar surface area (TPSA) is 29.5 Å². The van der Waals surface area contributed by atoms with Crippen molar-refractivity contribution in [2.24, 2.45) is 0 Å². The number of benzene rings is 1. The predicted octanol–water partition coefficient (Wildman–Crippen LogP) is 2.32. The Hall–Kier alpha value is -1.02. The van der Waals surface area contributed by atoms with Crippen molar-refractivity contribution in [1.82, 2.24) is 0 Å². The van der Waals surface area contributed by atoms with Gasteiger partial charge in [-0.15, -0.1) is 0 Å². The fourth-order valence-electron chi connectivity index (χ4n) is 1.48. The molecule has 1 rings (SSSR count). The first-order valence-corrected chi connectivity index (χ1v) is 4.99. The van der Waals surface area contributed by atoms with Crippen LogP contribution in [0.3, 0.4) is 0 Å². The molecule has 2 heteroatoms. The first-order valence-electron chi connectivity index (χ1n) is 4.99. The van der Waals surface area contributed by atoms with Gasteiger partial charge in [0, 0.05) is 0 Å². The Morgan fingerprint density at radius 3 is 2.64 bits per heavy atom. The lowest BCUT2D eigenvalue weighted by Gasteiger charge is -2.10. The van der Waals surface area contributed by atoms with Gasteiger partial charge in [-0.05, 0) is 37.0 Å². The van der Waals surface area contributed by atoms with Crippen molar-refractivity contribution >= 4 is 0 Å². The first kappa shape index (κ1) is 11.1. The minimum Gasteiger partial charge on any atom is -0.496 e. The summed E-state index contributed by atoms with van der Waals surface area (Å²) in [5.74, 6) is 0.903. The average molecular weight is 194 g/mol. The van der Waals surface area contributed by atoms with Gasteiger partial charge in [-0.3, -0.25) is 0 Å². The molecule has 0 aliphatic heterocycles. The van der Waals surface area contributed by atoms with E-state index < -0.39 is 0 Å². The number of hydrogen-bond donors (Lipinski definition) is 1. The summed E-state index contributed by atoms with van der Waals surface area (Å²) in [6.07, 6.45) is 1.29. The Labute approximate surface area is 85.5 Å². The molecule has 0 aliphatic rings. The SMILES string of the molecule is CC[C@@H](O)Cc1ccc(OC)c(C)c1. The molecule has 0 fully saturated rings. The van der Waals surface area contributed by atoms with Gasteiger partial charge in [0.1, 0.15) is 5.75 Å². The maximum absolute atomic E-state index is 9.50. The van der Waals surface area contributed by atoms with Gasteiger partial charge in [-0.1, -0.05) is 19.1 Å². The van der Waals surface area contributed by atoms with Crippen molar-refractivity contribution in [2.75, 3.05) is 7.11 Å². The summed E-state index contributed by atoms with van der Waals surface area (Å²) in [5.41, 5.74) is 2.28. The number of aliphatic hydroxyl groups is 1. The van der Waals surface area contributed by atoms with Crippen LogP contribution in [0, 0.1) is 6.92 Å². The molecule has 0 amide bonds. The van der Waals surface area contributed by atoms with Gasteiger partial charge in [0.2, 0.25) is 0 Å². The van der Waals surface area contributed by atoms with Crippen LogP contribution >= 0.6 is 0 Å². The highest BCUT2D eigenvalue weighted by Gasteiger charge is 2.04. The third-order valence-corrected chi connectivity index (χ3v) is 2.40. The van der Waals surface area contributed by atoms with E-state index in [4.69, 9.17) is 4.74 Å². The first-order chi connectivity index (χ1) is 6.67. The minimum atomic E-state index is -0.234. The van der Waals surface area contributed by atoms with Gasteiger partial charge in [0.25, 0.3) is 0 Å². The van der Waals surface area contributed by atoms with Gasteiger partial charge < -0.3 is 9.84 Å². The van der Waals surface area contributed by atoms with Crippen molar-refractivity contribution in [3.05, 3.63) is 29.3 Å². The molecule has 1 atom stereocenters. The van der Waals surface area contributed by atoms with Crippen molar-refractivity contribution in [3.63, 3.8) is 0 Å². The second kappa shape index (κ2) is 5.01. The highest BCUT2D eigenvalue weighted by atomic mass is 16.5. The Bertz CT molecular complexity index is 294. The summed E-state index contributed by atoms with van der Waals surface area (Å²) in [5, 5.41) is 9.50. The second-order valence-electron chi connectivity index (χ2n) is 3.57. The van der Waals surface area contributed by atoms with Crippen LogP contribution in [-0.4, -0.2) is 18.3 Å². The number of aliphatic hydroxyl groups excluding tert-OH is 1. The van der Waals surface area contributed by atoms with Crippen LogP contribution in [0.1, 0.15) is 24.5 Å². The number of rotatable bonds is 4. The van der Waals surface area contributed by atoms with Crippen molar-refractivity contribution in [2.45, 2.75) is 32.8 Å². The minimum absolute atomic E-state index is 0.234. The molecular formula is C12H18O2. The molecule has 0 saturated carbocycles. The van der Waals surface area contributed by atoms with Gasteiger partial charge >= 0.3 is 0 Å². The Morgan fingerprint density at radius 2 is 2.14 bits per heavy atom. The number of aryl methyl sites for hydroxylation is 1. The molecule has 0 radical (unpaired) electrons. The molecule has 0 aromatic heterocycles. The lowest BCUT2D eigenvalue weighted by Crippen LogP contribution is -2.08. The molecular weight excluding hydrogens is 176 g/mol. The fourth-order valence-corrected chi connectivity index (χ4v) is 1.48. The standard InChI is InChI=1S/C12H18O2/c1-4-11(13)8-10-5-6-12(14-3)9(2)7-10/h5-7,11,13H,4,8H2,1-3H3/t11-/m1/s1. The molecule has 2 nitrogen and oxygen atoms in total. The van der Waals surface area contributed by atoms with E-state index in [1.54, 1.807) is 7.11 Å². The van der Waals surface area contributed by atoms with Crippen LogP contribution in [-0.2, 0) is 6.42 Å². The summed E-state index contributed by atoms with van der Waals surface area (Å²) >= 11 is 0. The molecule has 78 valence electrons. The van der Waals surface area contributed by atoms with Crippen LogP contribution in [0.25, 0.3) is 0 Å². The summed E-state index contributed by atoms with van der Waals surface area (Å²) in [6, 6.07) is 6.02. The summed E-state index contributed by atoms with van der Waals surface area (Å²) in [4.78, 5) is 0. The quantitative estimate of drug-likeness (QED) is 0.797. The Kier molecular flexibility index (Phi) is 3.96. The normalized spacial score (nSPS) is 12.6. The smallest absolute Gasteiger partial charge is 0.121 e. The zero-order valence-corrected chi connectivity index (χ0v) is 9.08. The Morgan fingerprint density at radius 1 is 1.43 bits per heavy atom. The lowest BCUT2D eigenvalue weighted by atomic mass is 10.0. The molecule has 1 N–H and O–H groups in total. The van der Waals surface area contributed by atoms with E-state index in [0.29, 0.717) is 0 Å².